The normalized spacial score (nSPS) is 12.6. The fraction of sp³-hybridized carbons (Fsp3) is 0.357. The van der Waals surface area contributed by atoms with Crippen LogP contribution in [0.1, 0.15) is 43.4 Å². The first-order valence-electron chi connectivity index (χ1n) is 11.3. The summed E-state index contributed by atoms with van der Waals surface area (Å²) in [6.45, 7) is 6.62. The van der Waals surface area contributed by atoms with E-state index in [0.717, 1.165) is 36.1 Å². The van der Waals surface area contributed by atoms with Crippen LogP contribution in [0.3, 0.4) is 0 Å². The first-order chi connectivity index (χ1) is 15.3. The minimum atomic E-state index is -0.734. The van der Waals surface area contributed by atoms with E-state index >= 15 is 0 Å². The summed E-state index contributed by atoms with van der Waals surface area (Å²) in [6.07, 6.45) is 1.83. The zero-order valence-electron chi connectivity index (χ0n) is 18.7. The molecule has 0 aliphatic heterocycles. The molecule has 0 radical (unpaired) electrons. The molecule has 3 heteroatoms. The number of rotatable bonds is 13. The fourth-order valence-electron chi connectivity index (χ4n) is 3.77. The van der Waals surface area contributed by atoms with Gasteiger partial charge in [-0.05, 0) is 29.5 Å². The van der Waals surface area contributed by atoms with Crippen LogP contribution < -0.4 is 0 Å². The van der Waals surface area contributed by atoms with Gasteiger partial charge in [-0.25, -0.2) is 0 Å². The van der Waals surface area contributed by atoms with Gasteiger partial charge >= 0.3 is 0 Å². The summed E-state index contributed by atoms with van der Waals surface area (Å²) in [7, 11) is 0. The average Bonchev–Trinajstić information content (AvgIpc) is 2.84. The van der Waals surface area contributed by atoms with Crippen LogP contribution in [0.4, 0.5) is 0 Å². The summed E-state index contributed by atoms with van der Waals surface area (Å²) in [5.41, 5.74) is 2.55. The molecule has 0 fully saturated rings. The Morgan fingerprint density at radius 1 is 0.613 bits per heavy atom. The van der Waals surface area contributed by atoms with Gasteiger partial charge in [-0.15, -0.1) is 0 Å². The fourth-order valence-corrected chi connectivity index (χ4v) is 3.77. The maximum absolute atomic E-state index is 6.87. The molecular weight excluding hydrogens is 384 g/mol. The van der Waals surface area contributed by atoms with Crippen molar-refractivity contribution in [1.82, 2.24) is 0 Å². The number of hydrogen-bond donors (Lipinski definition) is 0. The predicted molar refractivity (Wildman–Crippen MR) is 126 cm³/mol. The van der Waals surface area contributed by atoms with Crippen molar-refractivity contribution >= 4 is 0 Å². The van der Waals surface area contributed by atoms with Gasteiger partial charge in [0.15, 0.2) is 0 Å². The van der Waals surface area contributed by atoms with Gasteiger partial charge < -0.3 is 14.2 Å². The Morgan fingerprint density at radius 3 is 1.48 bits per heavy atom. The van der Waals surface area contributed by atoms with Gasteiger partial charge in [0.05, 0.1) is 13.2 Å². The molecule has 0 aromatic heterocycles. The van der Waals surface area contributed by atoms with Crippen LogP contribution in [0.15, 0.2) is 91.0 Å². The van der Waals surface area contributed by atoms with Crippen molar-refractivity contribution in [2.45, 2.75) is 38.4 Å². The van der Waals surface area contributed by atoms with E-state index in [2.05, 4.69) is 86.6 Å². The SMILES string of the molecule is CCCOCC(COC(c1ccccc1)(c1ccccc1)c1ccccc1)OCCC. The maximum atomic E-state index is 6.87. The van der Waals surface area contributed by atoms with Crippen LogP contribution in [0.5, 0.6) is 0 Å². The molecule has 0 spiro atoms. The zero-order chi connectivity index (χ0) is 21.8. The third kappa shape index (κ3) is 6.04. The highest BCUT2D eigenvalue weighted by atomic mass is 16.6. The van der Waals surface area contributed by atoms with Gasteiger partial charge in [-0.1, -0.05) is 105 Å². The van der Waals surface area contributed by atoms with Crippen molar-refractivity contribution in [1.29, 1.82) is 0 Å². The molecule has 1 unspecified atom stereocenters. The topological polar surface area (TPSA) is 27.7 Å². The predicted octanol–water partition coefficient (Wildman–Crippen LogP) is 6.22. The minimum Gasteiger partial charge on any atom is -0.379 e. The molecule has 0 aliphatic rings. The van der Waals surface area contributed by atoms with Crippen molar-refractivity contribution in [3.8, 4) is 0 Å². The number of benzene rings is 3. The van der Waals surface area contributed by atoms with Gasteiger partial charge in [0.1, 0.15) is 11.7 Å². The van der Waals surface area contributed by atoms with Crippen LogP contribution >= 0.6 is 0 Å². The molecular formula is C28H34O3. The second-order valence-corrected chi connectivity index (χ2v) is 7.66. The Morgan fingerprint density at radius 2 is 1.06 bits per heavy atom. The van der Waals surface area contributed by atoms with Crippen LogP contribution in [-0.4, -0.2) is 32.5 Å². The van der Waals surface area contributed by atoms with Crippen molar-refractivity contribution in [3.05, 3.63) is 108 Å². The minimum absolute atomic E-state index is 0.123. The summed E-state index contributed by atoms with van der Waals surface area (Å²) in [5, 5.41) is 0. The molecule has 0 saturated carbocycles. The third-order valence-corrected chi connectivity index (χ3v) is 5.24. The van der Waals surface area contributed by atoms with E-state index in [4.69, 9.17) is 14.2 Å². The van der Waals surface area contributed by atoms with Gasteiger partial charge in [0.2, 0.25) is 0 Å². The molecule has 0 amide bonds. The summed E-state index contributed by atoms with van der Waals surface area (Å²) in [4.78, 5) is 0. The summed E-state index contributed by atoms with van der Waals surface area (Å²) in [6, 6.07) is 31.3. The van der Waals surface area contributed by atoms with Crippen LogP contribution in [0.2, 0.25) is 0 Å². The van der Waals surface area contributed by atoms with Crippen molar-refractivity contribution < 1.29 is 14.2 Å². The van der Waals surface area contributed by atoms with Crippen molar-refractivity contribution in [3.63, 3.8) is 0 Å². The quantitative estimate of drug-likeness (QED) is 0.244. The monoisotopic (exact) mass is 418 g/mol. The highest BCUT2D eigenvalue weighted by Crippen LogP contribution is 2.40. The molecule has 3 aromatic carbocycles. The molecule has 3 nitrogen and oxygen atoms in total. The van der Waals surface area contributed by atoms with Gasteiger partial charge in [0.25, 0.3) is 0 Å². The molecule has 1 atom stereocenters. The molecule has 0 aliphatic carbocycles. The second-order valence-electron chi connectivity index (χ2n) is 7.66. The lowest BCUT2D eigenvalue weighted by Gasteiger charge is -2.37. The zero-order valence-corrected chi connectivity index (χ0v) is 18.7. The molecule has 164 valence electrons. The highest BCUT2D eigenvalue weighted by molar-refractivity contribution is 5.47. The van der Waals surface area contributed by atoms with E-state index < -0.39 is 5.60 Å². The van der Waals surface area contributed by atoms with E-state index in [1.807, 2.05) is 18.2 Å². The van der Waals surface area contributed by atoms with E-state index in [9.17, 15) is 0 Å². The molecule has 0 N–H and O–H groups in total. The van der Waals surface area contributed by atoms with Crippen molar-refractivity contribution in [2.75, 3.05) is 26.4 Å². The first-order valence-corrected chi connectivity index (χ1v) is 11.3. The van der Waals surface area contributed by atoms with Crippen LogP contribution in [0, 0.1) is 0 Å². The Kier molecular flexibility index (Phi) is 9.29. The molecule has 31 heavy (non-hydrogen) atoms. The summed E-state index contributed by atoms with van der Waals surface area (Å²) in [5.74, 6) is 0. The van der Waals surface area contributed by atoms with E-state index in [0.29, 0.717) is 19.8 Å². The lowest BCUT2D eigenvalue weighted by Crippen LogP contribution is -2.37. The van der Waals surface area contributed by atoms with E-state index in [1.54, 1.807) is 0 Å². The Bertz CT molecular complexity index is 753. The standard InChI is InChI=1S/C28H34O3/c1-3-20-29-22-27(30-21-4-2)23-31-28(24-14-8-5-9-15-24,25-16-10-6-11-17-25)26-18-12-7-13-19-26/h5-19,27H,3-4,20-23H2,1-2H3. The van der Waals surface area contributed by atoms with E-state index in [1.165, 1.54) is 0 Å². The molecule has 3 rings (SSSR count). The first kappa shape index (κ1) is 23.2. The Labute approximate surface area is 187 Å². The number of ether oxygens (including phenoxy) is 3. The van der Waals surface area contributed by atoms with Gasteiger partial charge in [-0.3, -0.25) is 0 Å². The van der Waals surface area contributed by atoms with Gasteiger partial charge in [-0.2, -0.15) is 0 Å². The highest BCUT2D eigenvalue weighted by Gasteiger charge is 2.38. The largest absolute Gasteiger partial charge is 0.379 e. The molecule has 0 bridgehead atoms. The summed E-state index contributed by atoms with van der Waals surface area (Å²) < 4.78 is 18.8. The molecule has 0 heterocycles. The average molecular weight is 419 g/mol. The molecule has 3 aromatic rings. The van der Waals surface area contributed by atoms with E-state index in [-0.39, 0.29) is 6.10 Å². The van der Waals surface area contributed by atoms with Crippen LogP contribution in [-0.2, 0) is 19.8 Å². The third-order valence-electron chi connectivity index (χ3n) is 5.24. The van der Waals surface area contributed by atoms with Gasteiger partial charge in [0, 0.05) is 13.2 Å². The second kappa shape index (κ2) is 12.4. The summed E-state index contributed by atoms with van der Waals surface area (Å²) >= 11 is 0. The Hall–Kier alpha value is -2.46. The number of hydrogen-bond acceptors (Lipinski definition) is 3. The molecule has 0 saturated heterocycles. The smallest absolute Gasteiger partial charge is 0.143 e. The lowest BCUT2D eigenvalue weighted by atomic mass is 9.80. The van der Waals surface area contributed by atoms with Crippen LogP contribution in [0.25, 0.3) is 0 Å². The van der Waals surface area contributed by atoms with Crippen molar-refractivity contribution in [2.24, 2.45) is 0 Å². The lowest BCUT2D eigenvalue weighted by molar-refractivity contribution is -0.0913. The Balaban J connectivity index is 2.00. The maximum Gasteiger partial charge on any atom is 0.143 e.